The summed E-state index contributed by atoms with van der Waals surface area (Å²) in [4.78, 5) is 5.42. The van der Waals surface area contributed by atoms with Gasteiger partial charge in [0.1, 0.15) is 0 Å². The van der Waals surface area contributed by atoms with Crippen molar-refractivity contribution in [3.05, 3.63) is 144 Å². The molecule has 4 atom stereocenters. The zero-order valence-corrected chi connectivity index (χ0v) is 21.0. The zero-order chi connectivity index (χ0) is 24.2. The molecule has 0 aromatic heterocycles. The molecule has 2 heterocycles. The van der Waals surface area contributed by atoms with Gasteiger partial charge in [-0.1, -0.05) is 121 Å². The van der Waals surface area contributed by atoms with E-state index >= 15 is 0 Å². The third-order valence-corrected chi connectivity index (χ3v) is 8.43. The topological polar surface area (TPSA) is 6.48 Å². The highest BCUT2D eigenvalue weighted by molar-refractivity contribution is 5.33. The number of nitrogens with zero attached hydrogens (tertiary/aromatic N) is 2. The molecule has 0 spiro atoms. The highest BCUT2D eigenvalue weighted by Gasteiger charge is 2.37. The maximum Gasteiger partial charge on any atom is 0.0110 e. The minimum atomic E-state index is 0.557. The van der Waals surface area contributed by atoms with Crippen LogP contribution in [0.4, 0.5) is 0 Å². The van der Waals surface area contributed by atoms with Gasteiger partial charge in [-0.15, -0.1) is 0 Å². The van der Waals surface area contributed by atoms with Gasteiger partial charge in [-0.3, -0.25) is 0 Å². The fraction of sp³-hybridized carbons (Fsp3) is 0.294. The highest BCUT2D eigenvalue weighted by atomic mass is 15.2. The van der Waals surface area contributed by atoms with Gasteiger partial charge in [-0.25, -0.2) is 0 Å². The standard InChI is InChI=1S/C34H36N2/c1-5-13-27(14-6-1)31-23-35(24-32(31)28-15-7-2-8-16-28)21-22-36-25-33(29-17-9-3-10-18-29)34(26-36)30-19-11-4-12-20-30/h1-20,31-34H,21-26H2/t31-,32-,33-,34-/m0/s1. The summed E-state index contributed by atoms with van der Waals surface area (Å²) in [5, 5.41) is 0. The Morgan fingerprint density at radius 3 is 0.806 bits per heavy atom. The molecule has 2 saturated heterocycles. The van der Waals surface area contributed by atoms with E-state index in [4.69, 9.17) is 0 Å². The molecule has 6 rings (SSSR count). The lowest BCUT2D eigenvalue weighted by Gasteiger charge is -2.21. The summed E-state index contributed by atoms with van der Waals surface area (Å²) in [6, 6.07) is 44.6. The first kappa shape index (κ1) is 23.2. The first-order valence-electron chi connectivity index (χ1n) is 13.5. The van der Waals surface area contributed by atoms with E-state index in [2.05, 4.69) is 131 Å². The zero-order valence-electron chi connectivity index (χ0n) is 21.0. The molecule has 182 valence electrons. The lowest BCUT2D eigenvalue weighted by Crippen LogP contribution is -2.33. The van der Waals surface area contributed by atoms with E-state index in [1.165, 1.54) is 22.3 Å². The van der Waals surface area contributed by atoms with E-state index in [0.29, 0.717) is 23.7 Å². The molecule has 2 nitrogen and oxygen atoms in total. The van der Waals surface area contributed by atoms with Gasteiger partial charge in [-0.05, 0) is 22.3 Å². The second-order valence-electron chi connectivity index (χ2n) is 10.6. The Hall–Kier alpha value is -3.20. The molecule has 2 heteroatoms. The van der Waals surface area contributed by atoms with Crippen molar-refractivity contribution < 1.29 is 0 Å². The van der Waals surface area contributed by atoms with Crippen LogP contribution in [0.5, 0.6) is 0 Å². The summed E-state index contributed by atoms with van der Waals surface area (Å²) >= 11 is 0. The van der Waals surface area contributed by atoms with E-state index in [1.54, 1.807) is 0 Å². The number of hydrogen-bond donors (Lipinski definition) is 0. The predicted molar refractivity (Wildman–Crippen MR) is 150 cm³/mol. The van der Waals surface area contributed by atoms with Gasteiger partial charge in [0.25, 0.3) is 0 Å². The van der Waals surface area contributed by atoms with Crippen LogP contribution in [0, 0.1) is 0 Å². The van der Waals surface area contributed by atoms with Crippen LogP contribution in [0.1, 0.15) is 45.9 Å². The molecule has 4 aromatic carbocycles. The van der Waals surface area contributed by atoms with Gasteiger partial charge >= 0.3 is 0 Å². The van der Waals surface area contributed by atoms with E-state index < -0.39 is 0 Å². The Labute approximate surface area is 216 Å². The van der Waals surface area contributed by atoms with Gasteiger partial charge in [0.2, 0.25) is 0 Å². The largest absolute Gasteiger partial charge is 0.301 e. The molecule has 0 aliphatic carbocycles. The van der Waals surface area contributed by atoms with Crippen molar-refractivity contribution in [3.8, 4) is 0 Å². The first-order valence-corrected chi connectivity index (χ1v) is 13.5. The molecule has 2 fully saturated rings. The van der Waals surface area contributed by atoms with Gasteiger partial charge in [0.15, 0.2) is 0 Å². The van der Waals surface area contributed by atoms with Crippen LogP contribution in [0.15, 0.2) is 121 Å². The normalized spacial score (nSPS) is 24.8. The summed E-state index contributed by atoms with van der Waals surface area (Å²) in [6.07, 6.45) is 0. The summed E-state index contributed by atoms with van der Waals surface area (Å²) in [5.74, 6) is 2.23. The third-order valence-electron chi connectivity index (χ3n) is 8.43. The molecule has 0 unspecified atom stereocenters. The molecule has 0 radical (unpaired) electrons. The van der Waals surface area contributed by atoms with E-state index in [9.17, 15) is 0 Å². The fourth-order valence-corrected chi connectivity index (χ4v) is 6.57. The minimum Gasteiger partial charge on any atom is -0.301 e. The summed E-state index contributed by atoms with van der Waals surface area (Å²) in [7, 11) is 0. The van der Waals surface area contributed by atoms with Gasteiger partial charge in [0, 0.05) is 62.9 Å². The van der Waals surface area contributed by atoms with Crippen LogP contribution in [0.2, 0.25) is 0 Å². The average molecular weight is 473 g/mol. The van der Waals surface area contributed by atoms with Crippen molar-refractivity contribution in [2.24, 2.45) is 0 Å². The maximum atomic E-state index is 2.71. The quantitative estimate of drug-likeness (QED) is 0.293. The molecule has 2 aliphatic rings. The second kappa shape index (κ2) is 10.8. The Morgan fingerprint density at radius 2 is 0.583 bits per heavy atom. The number of likely N-dealkylation sites (tertiary alicyclic amines) is 2. The minimum absolute atomic E-state index is 0.557. The molecule has 36 heavy (non-hydrogen) atoms. The smallest absolute Gasteiger partial charge is 0.0110 e. The van der Waals surface area contributed by atoms with Crippen LogP contribution >= 0.6 is 0 Å². The lowest BCUT2D eigenvalue weighted by atomic mass is 9.84. The molecule has 0 amide bonds. The predicted octanol–water partition coefficient (Wildman–Crippen LogP) is 6.75. The van der Waals surface area contributed by atoms with Gasteiger partial charge in [0.05, 0.1) is 0 Å². The summed E-state index contributed by atoms with van der Waals surface area (Å²) in [5.41, 5.74) is 5.90. The van der Waals surface area contributed by atoms with Crippen molar-refractivity contribution in [3.63, 3.8) is 0 Å². The third kappa shape index (κ3) is 5.02. The molecule has 4 aromatic rings. The molecular weight excluding hydrogens is 436 g/mol. The molecule has 0 saturated carbocycles. The van der Waals surface area contributed by atoms with E-state index in [-0.39, 0.29) is 0 Å². The van der Waals surface area contributed by atoms with Gasteiger partial charge in [-0.2, -0.15) is 0 Å². The number of hydrogen-bond acceptors (Lipinski definition) is 2. The van der Waals surface area contributed by atoms with Crippen molar-refractivity contribution in [1.29, 1.82) is 0 Å². The summed E-state index contributed by atoms with van der Waals surface area (Å²) in [6.45, 7) is 6.83. The van der Waals surface area contributed by atoms with Crippen molar-refractivity contribution >= 4 is 0 Å². The SMILES string of the molecule is c1ccc([C@@H]2CN(CCN3C[C@@H](c4ccccc4)[C@H](c4ccccc4)C3)C[C@H]2c2ccccc2)cc1. The van der Waals surface area contributed by atoms with Crippen molar-refractivity contribution in [1.82, 2.24) is 9.80 Å². The van der Waals surface area contributed by atoms with Crippen molar-refractivity contribution in [2.45, 2.75) is 23.7 Å². The Kier molecular flexibility index (Phi) is 6.98. The van der Waals surface area contributed by atoms with E-state index in [1.807, 2.05) is 0 Å². The first-order chi connectivity index (χ1) is 17.8. The number of rotatable bonds is 7. The monoisotopic (exact) mass is 472 g/mol. The molecule has 2 aliphatic heterocycles. The molecule has 0 bridgehead atoms. The molecular formula is C34H36N2. The average Bonchev–Trinajstić information content (AvgIpc) is 3.59. The highest BCUT2D eigenvalue weighted by Crippen LogP contribution is 2.41. The van der Waals surface area contributed by atoms with Gasteiger partial charge < -0.3 is 9.80 Å². The van der Waals surface area contributed by atoms with Crippen LogP contribution in [0.3, 0.4) is 0 Å². The Morgan fingerprint density at radius 1 is 0.361 bits per heavy atom. The van der Waals surface area contributed by atoms with Crippen LogP contribution in [-0.2, 0) is 0 Å². The maximum absolute atomic E-state index is 2.71. The lowest BCUT2D eigenvalue weighted by molar-refractivity contribution is 0.251. The Balaban J connectivity index is 1.16. The summed E-state index contributed by atoms with van der Waals surface area (Å²) < 4.78 is 0. The van der Waals surface area contributed by atoms with Crippen LogP contribution in [-0.4, -0.2) is 49.1 Å². The van der Waals surface area contributed by atoms with Crippen molar-refractivity contribution in [2.75, 3.05) is 39.3 Å². The molecule has 0 N–H and O–H groups in total. The Bertz CT molecular complexity index is 1020. The van der Waals surface area contributed by atoms with Crippen LogP contribution < -0.4 is 0 Å². The second-order valence-corrected chi connectivity index (χ2v) is 10.6. The fourth-order valence-electron chi connectivity index (χ4n) is 6.57. The number of benzene rings is 4. The van der Waals surface area contributed by atoms with E-state index in [0.717, 1.165) is 39.3 Å². The van der Waals surface area contributed by atoms with Crippen LogP contribution in [0.25, 0.3) is 0 Å².